The molecule has 8 aromatic carbocycles. The molecule has 2 aliphatic rings. The van der Waals surface area contributed by atoms with Crippen LogP contribution in [-0.2, 0) is 24.7 Å². The molecule has 382 valence electrons. The molecule has 3 heteroatoms. The lowest BCUT2D eigenvalue weighted by Crippen LogP contribution is -2.16. The van der Waals surface area contributed by atoms with E-state index in [1.165, 1.54) is 55.6 Å². The molecule has 0 spiro atoms. The van der Waals surface area contributed by atoms with Crippen LogP contribution in [0.4, 0.5) is 5.69 Å². The van der Waals surface area contributed by atoms with E-state index in [1.807, 2.05) is 66.9 Å². The topological polar surface area (TPSA) is 30.8 Å². The van der Waals surface area contributed by atoms with E-state index in [0.717, 1.165) is 61.5 Å². The summed E-state index contributed by atoms with van der Waals surface area (Å²) in [5.74, 6) is 3.30. The zero-order valence-electron chi connectivity index (χ0n) is 44.7. The third-order valence-corrected chi connectivity index (χ3v) is 13.0. The highest BCUT2D eigenvalue weighted by Crippen LogP contribution is 2.33. The summed E-state index contributed by atoms with van der Waals surface area (Å²) in [5, 5.41) is 0. The number of fused-ring (bicyclic) bond motifs is 1. The summed E-state index contributed by atoms with van der Waals surface area (Å²) in [5.41, 5.74) is 14.8. The van der Waals surface area contributed by atoms with Gasteiger partial charge < -0.3 is 9.47 Å². The van der Waals surface area contributed by atoms with Crippen molar-refractivity contribution in [1.82, 2.24) is 0 Å². The molecule has 0 aromatic heterocycles. The second kappa shape index (κ2) is 30.5. The van der Waals surface area contributed by atoms with Gasteiger partial charge >= 0.3 is 0 Å². The predicted octanol–water partition coefficient (Wildman–Crippen LogP) is 20.4. The van der Waals surface area contributed by atoms with Gasteiger partial charge in [0, 0.05) is 18.6 Å². The minimum Gasteiger partial charge on any atom is -0.486 e. The molecule has 2 atom stereocenters. The van der Waals surface area contributed by atoms with Crippen LogP contribution in [0.2, 0.25) is 0 Å². The van der Waals surface area contributed by atoms with Gasteiger partial charge in [0.1, 0.15) is 23.4 Å². The fraction of sp³-hybridized carbons (Fsp3) is 0.254. The Morgan fingerprint density at radius 2 is 0.973 bits per heavy atom. The summed E-state index contributed by atoms with van der Waals surface area (Å²) in [6.07, 6.45) is 15.2. The quantitative estimate of drug-likeness (QED) is 0.129. The van der Waals surface area contributed by atoms with Crippen molar-refractivity contribution in [2.45, 2.75) is 119 Å². The monoisotopic (exact) mass is 980 g/mol. The van der Waals surface area contributed by atoms with Crippen LogP contribution < -0.4 is 9.47 Å². The van der Waals surface area contributed by atoms with Crippen molar-refractivity contribution in [3.8, 4) is 39.5 Å². The zero-order valence-corrected chi connectivity index (χ0v) is 44.7. The maximum atomic E-state index is 6.03. The molecule has 8 aromatic rings. The van der Waals surface area contributed by atoms with Crippen molar-refractivity contribution in [1.29, 1.82) is 0 Å². The van der Waals surface area contributed by atoms with E-state index < -0.39 is 0 Å². The fourth-order valence-corrected chi connectivity index (χ4v) is 8.34. The van der Waals surface area contributed by atoms with Crippen LogP contribution in [0, 0.1) is 0 Å². The SMILES string of the molecule is C.CCC1=CC=CC(Oc2ccc(C(C)(C)C)cc2)C1.CCC1C=Nc2ccccc21.CCc1ccc(-c2ccccc2)cc1.CCc1ccc(-c2ccccc2)cc1.CCc1cccc(Oc2ccccc2)c1. The van der Waals surface area contributed by atoms with E-state index in [1.54, 1.807) is 0 Å². The van der Waals surface area contributed by atoms with Gasteiger partial charge in [-0.1, -0.05) is 250 Å². The van der Waals surface area contributed by atoms with Crippen LogP contribution >= 0.6 is 0 Å². The molecule has 1 aliphatic carbocycles. The molecule has 0 N–H and O–H groups in total. The van der Waals surface area contributed by atoms with Gasteiger partial charge in [-0.15, -0.1) is 0 Å². The van der Waals surface area contributed by atoms with Crippen molar-refractivity contribution in [2.75, 3.05) is 0 Å². The normalized spacial score (nSPS) is 13.8. The van der Waals surface area contributed by atoms with Gasteiger partial charge in [0.2, 0.25) is 0 Å². The van der Waals surface area contributed by atoms with Crippen molar-refractivity contribution in [3.63, 3.8) is 0 Å². The highest BCUT2D eigenvalue weighted by molar-refractivity contribution is 5.80. The van der Waals surface area contributed by atoms with E-state index in [2.05, 4.69) is 230 Å². The number of nitrogens with zero attached hydrogens (tertiary/aromatic N) is 1. The molecule has 0 amide bonds. The molecule has 0 bridgehead atoms. The Bertz CT molecular complexity index is 2810. The molecule has 0 saturated carbocycles. The first-order chi connectivity index (χ1) is 35.6. The lowest BCUT2D eigenvalue weighted by molar-refractivity contribution is 0.247. The summed E-state index contributed by atoms with van der Waals surface area (Å²) in [6.45, 7) is 17.6. The molecule has 0 radical (unpaired) electrons. The van der Waals surface area contributed by atoms with Crippen LogP contribution in [-0.4, -0.2) is 12.3 Å². The van der Waals surface area contributed by atoms with Gasteiger partial charge in [0.05, 0.1) is 5.69 Å². The van der Waals surface area contributed by atoms with Gasteiger partial charge in [0.15, 0.2) is 0 Å². The third kappa shape index (κ3) is 18.5. The first-order valence-corrected chi connectivity index (χ1v) is 26.5. The minimum atomic E-state index is 0. The number of para-hydroxylation sites is 2. The summed E-state index contributed by atoms with van der Waals surface area (Å²) < 4.78 is 11.7. The Morgan fingerprint density at radius 1 is 0.473 bits per heavy atom. The van der Waals surface area contributed by atoms with Crippen molar-refractivity contribution in [2.24, 2.45) is 4.99 Å². The highest BCUT2D eigenvalue weighted by Gasteiger charge is 2.16. The largest absolute Gasteiger partial charge is 0.486 e. The van der Waals surface area contributed by atoms with E-state index in [4.69, 9.17) is 9.47 Å². The average molecular weight is 980 g/mol. The predicted molar refractivity (Wildman–Crippen MR) is 321 cm³/mol. The summed E-state index contributed by atoms with van der Waals surface area (Å²) >= 11 is 0. The standard InChI is InChI=1S/C18H24O.C14H14O.2C14H14.C10H11N.CH4/c1-5-14-7-6-8-17(13-14)19-16-11-9-15(10-12-16)18(2,3)4;1-2-12-7-6-10-14(11-12)15-13-8-4-3-5-9-13;2*1-2-12-8-10-14(11-9-12)13-6-4-3-5-7-13;1-2-8-7-11-10-6-4-3-5-9(8)10;/h6-12,17H,5,13H2,1-4H3;3-11H,2H2,1H3;2*3-11H,2H2,1H3;3-8H,2H2,1H3;1H4. The second-order valence-corrected chi connectivity index (χ2v) is 19.3. The average Bonchev–Trinajstić information content (AvgIpc) is 3.88. The van der Waals surface area contributed by atoms with Gasteiger partial charge in [-0.3, -0.25) is 4.99 Å². The van der Waals surface area contributed by atoms with Crippen LogP contribution in [0.15, 0.2) is 241 Å². The first-order valence-electron chi connectivity index (χ1n) is 26.5. The molecule has 10 rings (SSSR count). The van der Waals surface area contributed by atoms with Crippen LogP contribution in [0.5, 0.6) is 17.2 Å². The molecular weight excluding hydrogens is 899 g/mol. The number of hydrogen-bond donors (Lipinski definition) is 0. The molecule has 1 heterocycles. The molecule has 0 saturated heterocycles. The van der Waals surface area contributed by atoms with Crippen molar-refractivity contribution in [3.05, 3.63) is 264 Å². The van der Waals surface area contributed by atoms with Gasteiger partial charge in [-0.2, -0.15) is 0 Å². The van der Waals surface area contributed by atoms with Gasteiger partial charge in [-0.25, -0.2) is 0 Å². The molecule has 1 aliphatic heterocycles. The number of rotatable bonds is 11. The number of hydrogen-bond acceptors (Lipinski definition) is 3. The van der Waals surface area contributed by atoms with Crippen LogP contribution in [0.3, 0.4) is 0 Å². The van der Waals surface area contributed by atoms with E-state index >= 15 is 0 Å². The number of ether oxygens (including phenoxy) is 2. The van der Waals surface area contributed by atoms with Crippen molar-refractivity contribution < 1.29 is 9.47 Å². The van der Waals surface area contributed by atoms with Gasteiger partial charge in [0.25, 0.3) is 0 Å². The maximum Gasteiger partial charge on any atom is 0.127 e. The Kier molecular flexibility index (Phi) is 23.7. The summed E-state index contributed by atoms with van der Waals surface area (Å²) in [7, 11) is 0. The summed E-state index contributed by atoms with van der Waals surface area (Å²) in [6, 6.07) is 73.4. The van der Waals surface area contributed by atoms with E-state index in [-0.39, 0.29) is 18.9 Å². The molecule has 74 heavy (non-hydrogen) atoms. The Hall–Kier alpha value is -7.49. The fourth-order valence-electron chi connectivity index (χ4n) is 8.34. The van der Waals surface area contributed by atoms with E-state index in [9.17, 15) is 0 Å². The lowest BCUT2D eigenvalue weighted by Gasteiger charge is -2.22. The number of allylic oxidation sites excluding steroid dienone is 2. The highest BCUT2D eigenvalue weighted by atomic mass is 16.5. The van der Waals surface area contributed by atoms with Crippen LogP contribution in [0.1, 0.15) is 116 Å². The zero-order chi connectivity index (χ0) is 51.7. The Balaban J connectivity index is 0.000000172. The molecule has 0 fully saturated rings. The smallest absolute Gasteiger partial charge is 0.127 e. The number of aryl methyl sites for hydroxylation is 3. The Morgan fingerprint density at radius 3 is 1.49 bits per heavy atom. The molecule has 2 unspecified atom stereocenters. The first kappa shape index (κ1) is 57.4. The van der Waals surface area contributed by atoms with Crippen LogP contribution in [0.25, 0.3) is 22.3 Å². The van der Waals surface area contributed by atoms with Gasteiger partial charge in [-0.05, 0) is 136 Å². The Labute approximate surface area is 446 Å². The molecule has 3 nitrogen and oxygen atoms in total. The maximum absolute atomic E-state index is 6.03. The number of aliphatic imine (C=N–C) groups is 1. The van der Waals surface area contributed by atoms with E-state index in [0.29, 0.717) is 5.92 Å². The number of benzene rings is 8. The summed E-state index contributed by atoms with van der Waals surface area (Å²) in [4.78, 5) is 4.33. The molecular formula is C71H81NO2. The minimum absolute atomic E-state index is 0. The second-order valence-electron chi connectivity index (χ2n) is 19.3. The third-order valence-electron chi connectivity index (χ3n) is 13.0. The lowest BCUT2D eigenvalue weighted by atomic mass is 9.87. The van der Waals surface area contributed by atoms with Crippen molar-refractivity contribution >= 4 is 11.9 Å².